The number of aliphatic hydroxyl groups is 1. The Hall–Kier alpha value is -1.02. The van der Waals surface area contributed by atoms with Crippen LogP contribution in [-0.4, -0.2) is 32.8 Å². The summed E-state index contributed by atoms with van der Waals surface area (Å²) in [6.07, 6.45) is 1.58. The van der Waals surface area contributed by atoms with Gasteiger partial charge in [-0.1, -0.05) is 6.07 Å². The maximum Gasteiger partial charge on any atom is 0.241 e. The number of aliphatic hydroxyl groups excluding tert-OH is 1. The Kier molecular flexibility index (Phi) is 5.32. The normalized spacial score (nSPS) is 18.6. The van der Waals surface area contributed by atoms with Crippen molar-refractivity contribution < 1.29 is 22.7 Å². The van der Waals surface area contributed by atoms with Crippen molar-refractivity contribution in [3.05, 3.63) is 29.6 Å². The SMILES string of the molecule is CC(NS(=O)(=O)c1cc(F)ccc1CO)C1CCOCC1. The summed E-state index contributed by atoms with van der Waals surface area (Å²) >= 11 is 0. The maximum absolute atomic E-state index is 13.3. The minimum Gasteiger partial charge on any atom is -0.392 e. The van der Waals surface area contributed by atoms with Gasteiger partial charge >= 0.3 is 0 Å². The number of nitrogens with one attached hydrogen (secondary N) is 1. The Morgan fingerprint density at radius 1 is 1.43 bits per heavy atom. The molecule has 2 N–H and O–H groups in total. The zero-order chi connectivity index (χ0) is 15.5. The smallest absolute Gasteiger partial charge is 0.241 e. The van der Waals surface area contributed by atoms with E-state index in [2.05, 4.69) is 4.72 Å². The van der Waals surface area contributed by atoms with Crippen LogP contribution in [0.25, 0.3) is 0 Å². The van der Waals surface area contributed by atoms with Gasteiger partial charge in [-0.05, 0) is 43.4 Å². The molecule has 1 fully saturated rings. The summed E-state index contributed by atoms with van der Waals surface area (Å²) in [5.74, 6) is -0.453. The van der Waals surface area contributed by atoms with Gasteiger partial charge in [-0.3, -0.25) is 0 Å². The molecule has 1 aromatic rings. The lowest BCUT2D eigenvalue weighted by Crippen LogP contribution is -2.40. The van der Waals surface area contributed by atoms with Crippen molar-refractivity contribution in [2.24, 2.45) is 5.92 Å². The average Bonchev–Trinajstić information content (AvgIpc) is 2.47. The molecule has 0 radical (unpaired) electrons. The van der Waals surface area contributed by atoms with E-state index >= 15 is 0 Å². The first kappa shape index (κ1) is 16.4. The van der Waals surface area contributed by atoms with Gasteiger partial charge in [0, 0.05) is 19.3 Å². The summed E-state index contributed by atoms with van der Waals surface area (Å²) in [5.41, 5.74) is 0.183. The number of hydrogen-bond donors (Lipinski definition) is 2. The van der Waals surface area contributed by atoms with Gasteiger partial charge in [0.2, 0.25) is 10.0 Å². The van der Waals surface area contributed by atoms with Crippen LogP contribution in [0.4, 0.5) is 4.39 Å². The monoisotopic (exact) mass is 317 g/mol. The summed E-state index contributed by atoms with van der Waals surface area (Å²) in [5, 5.41) is 9.22. The molecule has 0 saturated carbocycles. The molecule has 0 aromatic heterocycles. The molecule has 7 heteroatoms. The predicted molar refractivity (Wildman–Crippen MR) is 75.6 cm³/mol. The van der Waals surface area contributed by atoms with Crippen molar-refractivity contribution in [1.29, 1.82) is 0 Å². The third-order valence-electron chi connectivity index (χ3n) is 3.80. The lowest BCUT2D eigenvalue weighted by atomic mass is 9.94. The van der Waals surface area contributed by atoms with Crippen LogP contribution in [0, 0.1) is 11.7 Å². The molecule has 1 aliphatic rings. The summed E-state index contributed by atoms with van der Waals surface area (Å²) in [7, 11) is -3.86. The third-order valence-corrected chi connectivity index (χ3v) is 5.44. The zero-order valence-corrected chi connectivity index (χ0v) is 12.7. The number of benzene rings is 1. The summed E-state index contributed by atoms with van der Waals surface area (Å²) < 4.78 is 45.9. The largest absolute Gasteiger partial charge is 0.392 e. The second-order valence-corrected chi connectivity index (χ2v) is 6.95. The van der Waals surface area contributed by atoms with E-state index in [1.807, 2.05) is 0 Å². The first-order chi connectivity index (χ1) is 9.94. The molecule has 0 spiro atoms. The molecular weight excluding hydrogens is 297 g/mol. The van der Waals surface area contributed by atoms with Crippen LogP contribution in [-0.2, 0) is 21.4 Å². The fraction of sp³-hybridized carbons (Fsp3) is 0.571. The standard InChI is InChI=1S/C14H20FNO4S/c1-10(11-4-6-20-7-5-11)16-21(18,19)14-8-13(15)3-2-12(14)9-17/h2-3,8,10-11,16-17H,4-7,9H2,1H3. The highest BCUT2D eigenvalue weighted by Crippen LogP contribution is 2.22. The second kappa shape index (κ2) is 6.83. The van der Waals surface area contributed by atoms with E-state index < -0.39 is 22.4 Å². The van der Waals surface area contributed by atoms with E-state index in [0.717, 1.165) is 25.0 Å². The molecule has 118 valence electrons. The van der Waals surface area contributed by atoms with Crippen molar-refractivity contribution in [2.45, 2.75) is 37.3 Å². The van der Waals surface area contributed by atoms with E-state index in [0.29, 0.717) is 13.2 Å². The molecule has 21 heavy (non-hydrogen) atoms. The fourth-order valence-electron chi connectivity index (χ4n) is 2.53. The number of ether oxygens (including phenoxy) is 1. The van der Waals surface area contributed by atoms with Gasteiger partial charge in [-0.25, -0.2) is 17.5 Å². The Bertz CT molecular complexity index is 585. The van der Waals surface area contributed by atoms with Crippen LogP contribution in [0.2, 0.25) is 0 Å². The molecule has 1 aliphatic heterocycles. The number of rotatable bonds is 5. The van der Waals surface area contributed by atoms with Gasteiger partial charge in [0.25, 0.3) is 0 Å². The van der Waals surface area contributed by atoms with E-state index in [1.165, 1.54) is 6.07 Å². The number of hydrogen-bond acceptors (Lipinski definition) is 4. The summed E-state index contributed by atoms with van der Waals surface area (Å²) in [4.78, 5) is -0.205. The number of halogens is 1. The molecule has 0 aliphatic carbocycles. The Balaban J connectivity index is 2.19. The van der Waals surface area contributed by atoms with Gasteiger partial charge in [-0.15, -0.1) is 0 Å². The van der Waals surface area contributed by atoms with Crippen LogP contribution in [0.1, 0.15) is 25.3 Å². The Morgan fingerprint density at radius 2 is 2.10 bits per heavy atom. The molecule has 2 rings (SSSR count). The summed E-state index contributed by atoms with van der Waals surface area (Å²) in [6.45, 7) is 2.59. The Morgan fingerprint density at radius 3 is 2.71 bits per heavy atom. The molecule has 1 unspecified atom stereocenters. The van der Waals surface area contributed by atoms with Gasteiger partial charge < -0.3 is 9.84 Å². The van der Waals surface area contributed by atoms with E-state index in [-0.39, 0.29) is 22.4 Å². The highest BCUT2D eigenvalue weighted by atomic mass is 32.2. The molecule has 1 atom stereocenters. The van der Waals surface area contributed by atoms with Crippen molar-refractivity contribution in [2.75, 3.05) is 13.2 Å². The molecule has 0 amide bonds. The van der Waals surface area contributed by atoms with Gasteiger partial charge in [0.05, 0.1) is 11.5 Å². The average molecular weight is 317 g/mol. The van der Waals surface area contributed by atoms with Crippen LogP contribution in [0.15, 0.2) is 23.1 Å². The molecule has 0 bridgehead atoms. The van der Waals surface area contributed by atoms with Gasteiger partial charge in [-0.2, -0.15) is 0 Å². The first-order valence-electron chi connectivity index (χ1n) is 6.93. The lowest BCUT2D eigenvalue weighted by Gasteiger charge is -2.28. The highest BCUT2D eigenvalue weighted by Gasteiger charge is 2.27. The fourth-order valence-corrected chi connectivity index (χ4v) is 4.08. The van der Waals surface area contributed by atoms with Crippen LogP contribution in [0.3, 0.4) is 0 Å². The third kappa shape index (κ3) is 4.00. The highest BCUT2D eigenvalue weighted by molar-refractivity contribution is 7.89. The van der Waals surface area contributed by atoms with Crippen molar-refractivity contribution in [1.82, 2.24) is 4.72 Å². The lowest BCUT2D eigenvalue weighted by molar-refractivity contribution is 0.0585. The Labute approximate surface area is 124 Å². The van der Waals surface area contributed by atoms with Crippen molar-refractivity contribution in [3.63, 3.8) is 0 Å². The topological polar surface area (TPSA) is 75.6 Å². The second-order valence-electron chi connectivity index (χ2n) is 5.27. The molecule has 1 aromatic carbocycles. The van der Waals surface area contributed by atoms with Crippen LogP contribution < -0.4 is 4.72 Å². The van der Waals surface area contributed by atoms with Gasteiger partial charge in [0.15, 0.2) is 0 Å². The zero-order valence-electron chi connectivity index (χ0n) is 11.9. The number of sulfonamides is 1. The maximum atomic E-state index is 13.3. The van der Waals surface area contributed by atoms with Gasteiger partial charge in [0.1, 0.15) is 5.82 Å². The van der Waals surface area contributed by atoms with E-state index in [4.69, 9.17) is 4.74 Å². The molecule has 5 nitrogen and oxygen atoms in total. The first-order valence-corrected chi connectivity index (χ1v) is 8.41. The van der Waals surface area contributed by atoms with Crippen molar-refractivity contribution >= 4 is 10.0 Å². The quantitative estimate of drug-likeness (QED) is 0.861. The summed E-state index contributed by atoms with van der Waals surface area (Å²) in [6, 6.07) is 3.08. The minimum atomic E-state index is -3.86. The minimum absolute atomic E-state index is 0.183. The van der Waals surface area contributed by atoms with E-state index in [9.17, 15) is 17.9 Å². The van der Waals surface area contributed by atoms with Crippen LogP contribution in [0.5, 0.6) is 0 Å². The molecule has 1 saturated heterocycles. The van der Waals surface area contributed by atoms with Crippen molar-refractivity contribution in [3.8, 4) is 0 Å². The van der Waals surface area contributed by atoms with E-state index in [1.54, 1.807) is 6.92 Å². The van der Waals surface area contributed by atoms with Crippen LogP contribution >= 0.6 is 0 Å². The molecular formula is C14H20FNO4S. The molecule has 1 heterocycles. The predicted octanol–water partition coefficient (Wildman–Crippen LogP) is 1.41.